The average molecular weight is 423 g/mol. The van der Waals surface area contributed by atoms with E-state index in [9.17, 15) is 4.79 Å². The maximum absolute atomic E-state index is 13.0. The predicted molar refractivity (Wildman–Crippen MR) is 128 cm³/mol. The highest BCUT2D eigenvalue weighted by Gasteiger charge is 2.13. The molecule has 0 aliphatic carbocycles. The molecule has 32 heavy (non-hydrogen) atoms. The van der Waals surface area contributed by atoms with Crippen LogP contribution in [0.1, 0.15) is 52.5 Å². The van der Waals surface area contributed by atoms with Gasteiger partial charge in [0.2, 0.25) is 0 Å². The van der Waals surface area contributed by atoms with Crippen LogP contribution in [0.4, 0.5) is 5.69 Å². The van der Waals surface area contributed by atoms with Crippen molar-refractivity contribution in [1.82, 2.24) is 15.0 Å². The Hall–Kier alpha value is -3.86. The van der Waals surface area contributed by atoms with E-state index in [1.807, 2.05) is 54.6 Å². The fraction of sp³-hybridized carbons (Fsp3) is 0.185. The molecule has 0 atom stereocenters. The second-order valence-electron chi connectivity index (χ2n) is 8.14. The lowest BCUT2D eigenvalue weighted by Gasteiger charge is -2.13. The summed E-state index contributed by atoms with van der Waals surface area (Å²) in [6, 6.07) is 19.6. The van der Waals surface area contributed by atoms with Gasteiger partial charge in [0.1, 0.15) is 6.33 Å². The van der Waals surface area contributed by atoms with E-state index in [4.69, 9.17) is 0 Å². The highest BCUT2D eigenvalue weighted by atomic mass is 16.1. The molecular formula is C27H26N4O. The molecule has 0 saturated heterocycles. The van der Waals surface area contributed by atoms with Crippen molar-refractivity contribution >= 4 is 11.6 Å². The van der Waals surface area contributed by atoms with Crippen molar-refractivity contribution in [3.8, 4) is 11.3 Å². The first-order valence-corrected chi connectivity index (χ1v) is 10.7. The van der Waals surface area contributed by atoms with Gasteiger partial charge in [-0.2, -0.15) is 0 Å². The van der Waals surface area contributed by atoms with Crippen LogP contribution in [0.25, 0.3) is 11.3 Å². The molecule has 160 valence electrons. The Kier molecular flexibility index (Phi) is 6.36. The van der Waals surface area contributed by atoms with Gasteiger partial charge in [-0.15, -0.1) is 0 Å². The molecule has 0 bridgehead atoms. The first-order valence-electron chi connectivity index (χ1n) is 10.7. The molecular weight excluding hydrogens is 396 g/mol. The van der Waals surface area contributed by atoms with Crippen LogP contribution in [-0.2, 0) is 6.42 Å². The smallest absolute Gasteiger partial charge is 0.255 e. The molecule has 0 radical (unpaired) electrons. The first kappa shape index (κ1) is 21.4. The third-order valence-corrected chi connectivity index (χ3v) is 5.53. The van der Waals surface area contributed by atoms with E-state index in [1.165, 1.54) is 11.9 Å². The topological polar surface area (TPSA) is 67.8 Å². The number of pyridine rings is 1. The van der Waals surface area contributed by atoms with Crippen molar-refractivity contribution in [2.45, 2.75) is 33.1 Å². The lowest BCUT2D eigenvalue weighted by atomic mass is 9.97. The van der Waals surface area contributed by atoms with Gasteiger partial charge in [-0.3, -0.25) is 9.78 Å². The molecule has 0 aliphatic heterocycles. The number of aryl methyl sites for hydroxylation is 1. The molecule has 5 heteroatoms. The monoisotopic (exact) mass is 422 g/mol. The molecule has 0 spiro atoms. The Bertz CT molecular complexity index is 1240. The van der Waals surface area contributed by atoms with Crippen molar-refractivity contribution in [2.75, 3.05) is 5.32 Å². The summed E-state index contributed by atoms with van der Waals surface area (Å²) in [7, 11) is 0. The van der Waals surface area contributed by atoms with Crippen molar-refractivity contribution in [2.24, 2.45) is 0 Å². The zero-order valence-electron chi connectivity index (χ0n) is 18.5. The quantitative estimate of drug-likeness (QED) is 0.425. The molecule has 1 amide bonds. The Labute approximate surface area is 188 Å². The maximum atomic E-state index is 13.0. The number of hydrogen-bond donors (Lipinski definition) is 1. The van der Waals surface area contributed by atoms with E-state index in [0.29, 0.717) is 17.9 Å². The largest absolute Gasteiger partial charge is 0.322 e. The van der Waals surface area contributed by atoms with Gasteiger partial charge < -0.3 is 5.32 Å². The van der Waals surface area contributed by atoms with Crippen LogP contribution in [0.3, 0.4) is 0 Å². The van der Waals surface area contributed by atoms with E-state index in [-0.39, 0.29) is 5.91 Å². The normalized spacial score (nSPS) is 10.9. The Morgan fingerprint density at radius 1 is 0.969 bits per heavy atom. The van der Waals surface area contributed by atoms with Crippen LogP contribution in [0, 0.1) is 6.92 Å². The van der Waals surface area contributed by atoms with Crippen molar-refractivity contribution in [3.63, 3.8) is 0 Å². The second kappa shape index (κ2) is 9.52. The van der Waals surface area contributed by atoms with E-state index in [0.717, 1.165) is 33.8 Å². The van der Waals surface area contributed by atoms with Gasteiger partial charge in [-0.1, -0.05) is 32.0 Å². The van der Waals surface area contributed by atoms with Gasteiger partial charge in [-0.25, -0.2) is 9.97 Å². The molecule has 4 aromatic rings. The van der Waals surface area contributed by atoms with E-state index in [1.54, 1.807) is 12.4 Å². The van der Waals surface area contributed by atoms with E-state index in [2.05, 4.69) is 47.1 Å². The third kappa shape index (κ3) is 4.89. The van der Waals surface area contributed by atoms with Gasteiger partial charge in [0.05, 0.1) is 11.4 Å². The molecule has 0 saturated carbocycles. The summed E-state index contributed by atoms with van der Waals surface area (Å²) in [4.78, 5) is 25.9. The predicted octanol–water partition coefficient (Wildman–Crippen LogP) is 5.81. The molecule has 1 N–H and O–H groups in total. The first-order chi connectivity index (χ1) is 15.5. The fourth-order valence-corrected chi connectivity index (χ4v) is 3.62. The molecule has 2 heterocycles. The van der Waals surface area contributed by atoms with Crippen LogP contribution < -0.4 is 5.32 Å². The summed E-state index contributed by atoms with van der Waals surface area (Å²) in [5.41, 5.74) is 7.51. The van der Waals surface area contributed by atoms with Gasteiger partial charge in [0.25, 0.3) is 5.91 Å². The zero-order valence-corrected chi connectivity index (χ0v) is 18.5. The van der Waals surface area contributed by atoms with Crippen LogP contribution in [0.5, 0.6) is 0 Å². The van der Waals surface area contributed by atoms with Crippen molar-refractivity contribution < 1.29 is 4.79 Å². The minimum absolute atomic E-state index is 0.121. The number of amides is 1. The Morgan fingerprint density at radius 3 is 2.62 bits per heavy atom. The van der Waals surface area contributed by atoms with E-state index >= 15 is 0 Å². The minimum Gasteiger partial charge on any atom is -0.322 e. The number of aromatic nitrogens is 3. The zero-order chi connectivity index (χ0) is 22.5. The number of rotatable bonds is 6. The summed E-state index contributed by atoms with van der Waals surface area (Å²) >= 11 is 0. The maximum Gasteiger partial charge on any atom is 0.255 e. The van der Waals surface area contributed by atoms with Gasteiger partial charge >= 0.3 is 0 Å². The summed E-state index contributed by atoms with van der Waals surface area (Å²) in [5, 5.41) is 3.03. The lowest BCUT2D eigenvalue weighted by molar-refractivity contribution is 0.102. The van der Waals surface area contributed by atoms with Crippen molar-refractivity contribution in [1.29, 1.82) is 0 Å². The van der Waals surface area contributed by atoms with Crippen LogP contribution >= 0.6 is 0 Å². The van der Waals surface area contributed by atoms with Gasteiger partial charge in [0, 0.05) is 35.6 Å². The lowest BCUT2D eigenvalue weighted by Crippen LogP contribution is -2.13. The molecule has 2 aromatic carbocycles. The fourth-order valence-electron chi connectivity index (χ4n) is 3.62. The van der Waals surface area contributed by atoms with Gasteiger partial charge in [0.15, 0.2) is 0 Å². The van der Waals surface area contributed by atoms with Crippen LogP contribution in [-0.4, -0.2) is 20.9 Å². The number of anilines is 1. The molecule has 0 fully saturated rings. The average Bonchev–Trinajstić information content (AvgIpc) is 2.81. The highest BCUT2D eigenvalue weighted by molar-refractivity contribution is 6.04. The molecule has 5 nitrogen and oxygen atoms in total. The summed E-state index contributed by atoms with van der Waals surface area (Å²) in [5.74, 6) is 0.282. The summed E-state index contributed by atoms with van der Waals surface area (Å²) < 4.78 is 0. The van der Waals surface area contributed by atoms with Crippen molar-refractivity contribution in [3.05, 3.63) is 107 Å². The Balaban J connectivity index is 1.59. The van der Waals surface area contributed by atoms with E-state index < -0.39 is 0 Å². The number of hydrogen-bond acceptors (Lipinski definition) is 4. The SMILES string of the molecule is Cc1ccc(C(=O)Nc2cccc(C(C)C)c2)cc1Cc1ncccc1-c1ccncn1. The molecule has 0 aliphatic rings. The standard InChI is InChI=1S/C27H26N4O/c1-18(2)20-6-4-7-23(15-20)31-27(32)21-10-9-19(3)22(14-21)16-26-24(8-5-12-29-26)25-11-13-28-17-30-25/h4-15,17-18H,16H2,1-3H3,(H,31,32). The van der Waals surface area contributed by atoms with Crippen LogP contribution in [0.15, 0.2) is 79.4 Å². The number of nitrogens with zero attached hydrogens (tertiary/aromatic N) is 3. The number of nitrogens with one attached hydrogen (secondary N) is 1. The molecule has 0 unspecified atom stereocenters. The number of benzene rings is 2. The third-order valence-electron chi connectivity index (χ3n) is 5.53. The number of carbonyl (C=O) groups is 1. The minimum atomic E-state index is -0.121. The molecule has 4 rings (SSSR count). The second-order valence-corrected chi connectivity index (χ2v) is 8.14. The summed E-state index contributed by atoms with van der Waals surface area (Å²) in [6.07, 6.45) is 5.66. The molecule has 2 aromatic heterocycles. The highest BCUT2D eigenvalue weighted by Crippen LogP contribution is 2.24. The summed E-state index contributed by atoms with van der Waals surface area (Å²) in [6.45, 7) is 6.33. The van der Waals surface area contributed by atoms with Gasteiger partial charge in [-0.05, 0) is 72.0 Å². The van der Waals surface area contributed by atoms with Crippen LogP contribution in [0.2, 0.25) is 0 Å². The number of carbonyl (C=O) groups excluding carboxylic acids is 1. The Morgan fingerprint density at radius 2 is 1.84 bits per heavy atom.